The number of rotatable bonds is 2. The van der Waals surface area contributed by atoms with E-state index in [0.29, 0.717) is 0 Å². The standard InChI is InChI=1S/C23H19N/c1-17-16-20(18-8-4-3-5-9-18)12-13-21(17)23-22-11-7-6-10-19(22)14-15-24(23)2/h3-16H,2H2,1H3. The number of hydrogen-bond donors (Lipinski definition) is 0. The first-order chi connectivity index (χ1) is 11.7. The Hall–Kier alpha value is -3.06. The van der Waals surface area contributed by atoms with Crippen molar-refractivity contribution >= 4 is 10.8 Å². The Balaban J connectivity index is 1.91. The monoisotopic (exact) mass is 309 g/mol. The van der Waals surface area contributed by atoms with Crippen molar-refractivity contribution in [1.82, 2.24) is 0 Å². The summed E-state index contributed by atoms with van der Waals surface area (Å²) < 4.78 is 1.97. The summed E-state index contributed by atoms with van der Waals surface area (Å²) in [6, 6.07) is 27.7. The number of aryl methyl sites for hydroxylation is 1. The van der Waals surface area contributed by atoms with Crippen LogP contribution in [0.15, 0.2) is 85.1 Å². The first-order valence-electron chi connectivity index (χ1n) is 8.15. The van der Waals surface area contributed by atoms with E-state index in [-0.39, 0.29) is 0 Å². The second-order valence-electron chi connectivity index (χ2n) is 6.12. The fraction of sp³-hybridized carbons (Fsp3) is 0.0435. The molecule has 3 aromatic carbocycles. The van der Waals surface area contributed by atoms with E-state index in [4.69, 9.17) is 0 Å². The third kappa shape index (κ3) is 2.44. The summed E-state index contributed by atoms with van der Waals surface area (Å²) in [7, 11) is 4.19. The molecule has 1 heterocycles. The highest BCUT2D eigenvalue weighted by molar-refractivity contribution is 5.93. The van der Waals surface area contributed by atoms with Crippen LogP contribution in [-0.2, 0) is 0 Å². The van der Waals surface area contributed by atoms with Crippen molar-refractivity contribution in [3.63, 3.8) is 0 Å². The van der Waals surface area contributed by atoms with Gasteiger partial charge in [0, 0.05) is 7.05 Å². The minimum Gasteiger partial charge on any atom is -0.332 e. The molecule has 0 radical (unpaired) electrons. The lowest BCUT2D eigenvalue weighted by atomic mass is 9.95. The summed E-state index contributed by atoms with van der Waals surface area (Å²) in [4.78, 5) is 0. The number of nitrogens with zero attached hydrogens (tertiary/aromatic N) is 1. The Kier molecular flexibility index (Phi) is 3.55. The Bertz CT molecular complexity index is 1020. The lowest BCUT2D eigenvalue weighted by Gasteiger charge is -2.15. The molecule has 0 saturated heterocycles. The van der Waals surface area contributed by atoms with Crippen LogP contribution in [0.1, 0.15) is 5.56 Å². The maximum Gasteiger partial charge on any atom is 0.120 e. The zero-order chi connectivity index (χ0) is 16.5. The Morgan fingerprint density at radius 1 is 0.750 bits per heavy atom. The molecule has 116 valence electrons. The van der Waals surface area contributed by atoms with Crippen LogP contribution in [0, 0.1) is 14.0 Å². The van der Waals surface area contributed by atoms with Crippen molar-refractivity contribution < 1.29 is 4.57 Å². The molecule has 1 nitrogen and oxygen atoms in total. The molecule has 0 saturated carbocycles. The van der Waals surface area contributed by atoms with Gasteiger partial charge in [0.2, 0.25) is 0 Å². The summed E-state index contributed by atoms with van der Waals surface area (Å²) in [5, 5.41) is 2.46. The van der Waals surface area contributed by atoms with E-state index >= 15 is 0 Å². The minimum atomic E-state index is 1.16. The van der Waals surface area contributed by atoms with Crippen molar-refractivity contribution in [2.24, 2.45) is 0 Å². The largest absolute Gasteiger partial charge is 0.332 e. The lowest BCUT2D eigenvalue weighted by Crippen LogP contribution is -2.28. The summed E-state index contributed by atoms with van der Waals surface area (Å²) in [6.07, 6.45) is 2.03. The van der Waals surface area contributed by atoms with E-state index < -0.39 is 0 Å². The van der Waals surface area contributed by atoms with Crippen LogP contribution < -0.4 is 4.57 Å². The van der Waals surface area contributed by atoms with Gasteiger partial charge in [0.15, 0.2) is 0 Å². The SMILES string of the molecule is [CH2-][n+]1ccc2ccccc2c1-c1ccc(-c2ccccc2)cc1C. The number of benzene rings is 3. The molecule has 0 atom stereocenters. The third-order valence-electron chi connectivity index (χ3n) is 4.53. The van der Waals surface area contributed by atoms with Gasteiger partial charge in [-0.05, 0) is 46.0 Å². The second-order valence-corrected chi connectivity index (χ2v) is 6.12. The molecule has 0 aliphatic rings. The molecule has 1 aromatic heterocycles. The summed E-state index contributed by atoms with van der Waals surface area (Å²) in [5.74, 6) is 0. The van der Waals surface area contributed by atoms with Gasteiger partial charge in [0.25, 0.3) is 0 Å². The molecular formula is C23H19N. The molecule has 4 rings (SSSR count). The van der Waals surface area contributed by atoms with Crippen LogP contribution in [0.2, 0.25) is 0 Å². The Labute approximate surface area is 142 Å². The van der Waals surface area contributed by atoms with Crippen molar-refractivity contribution in [2.45, 2.75) is 6.92 Å². The molecule has 0 amide bonds. The van der Waals surface area contributed by atoms with Crippen molar-refractivity contribution in [2.75, 3.05) is 0 Å². The minimum absolute atomic E-state index is 1.16. The Morgan fingerprint density at radius 3 is 2.29 bits per heavy atom. The van der Waals surface area contributed by atoms with E-state index in [9.17, 15) is 0 Å². The molecule has 0 aliphatic heterocycles. The predicted octanol–water partition coefficient (Wildman–Crippen LogP) is 5.41. The van der Waals surface area contributed by atoms with E-state index in [1.807, 2.05) is 16.8 Å². The molecule has 1 heteroatoms. The van der Waals surface area contributed by atoms with Gasteiger partial charge < -0.3 is 4.57 Å². The van der Waals surface area contributed by atoms with Gasteiger partial charge in [0.1, 0.15) is 5.69 Å². The number of hydrogen-bond acceptors (Lipinski definition) is 0. The van der Waals surface area contributed by atoms with Crippen LogP contribution >= 0.6 is 0 Å². The van der Waals surface area contributed by atoms with Crippen LogP contribution in [-0.4, -0.2) is 0 Å². The summed E-state index contributed by atoms with van der Waals surface area (Å²) in [5.41, 5.74) is 6.12. The summed E-state index contributed by atoms with van der Waals surface area (Å²) >= 11 is 0. The van der Waals surface area contributed by atoms with Gasteiger partial charge in [-0.15, -0.1) is 0 Å². The number of aromatic nitrogens is 1. The van der Waals surface area contributed by atoms with Gasteiger partial charge in [-0.25, -0.2) is 0 Å². The molecule has 4 aromatic rings. The van der Waals surface area contributed by atoms with Gasteiger partial charge in [-0.2, -0.15) is 0 Å². The van der Waals surface area contributed by atoms with Crippen molar-refractivity contribution in [3.8, 4) is 22.4 Å². The second kappa shape index (κ2) is 5.86. The van der Waals surface area contributed by atoms with E-state index in [2.05, 4.69) is 86.8 Å². The van der Waals surface area contributed by atoms with Gasteiger partial charge >= 0.3 is 0 Å². The van der Waals surface area contributed by atoms with Crippen LogP contribution in [0.4, 0.5) is 0 Å². The molecule has 0 bridgehead atoms. The predicted molar refractivity (Wildman–Crippen MR) is 101 cm³/mol. The Morgan fingerprint density at radius 2 is 1.50 bits per heavy atom. The zero-order valence-electron chi connectivity index (χ0n) is 13.7. The fourth-order valence-corrected chi connectivity index (χ4v) is 3.30. The highest BCUT2D eigenvalue weighted by Crippen LogP contribution is 2.30. The van der Waals surface area contributed by atoms with Crippen molar-refractivity contribution in [1.29, 1.82) is 0 Å². The van der Waals surface area contributed by atoms with Gasteiger partial charge in [-0.3, -0.25) is 0 Å². The summed E-state index contributed by atoms with van der Waals surface area (Å²) in [6.45, 7) is 2.17. The molecule has 0 spiro atoms. The maximum absolute atomic E-state index is 4.19. The average molecular weight is 309 g/mol. The van der Waals surface area contributed by atoms with E-state index in [1.54, 1.807) is 0 Å². The topological polar surface area (TPSA) is 3.88 Å². The fourth-order valence-electron chi connectivity index (χ4n) is 3.30. The molecule has 0 unspecified atom stereocenters. The average Bonchev–Trinajstić information content (AvgIpc) is 2.63. The van der Waals surface area contributed by atoms with E-state index in [1.165, 1.54) is 33.0 Å². The van der Waals surface area contributed by atoms with Gasteiger partial charge in [0.05, 0.1) is 6.20 Å². The maximum atomic E-state index is 4.19. The molecule has 24 heavy (non-hydrogen) atoms. The van der Waals surface area contributed by atoms with Crippen LogP contribution in [0.3, 0.4) is 0 Å². The highest BCUT2D eigenvalue weighted by Gasteiger charge is 2.11. The number of pyridine rings is 1. The smallest absolute Gasteiger partial charge is 0.120 e. The first-order valence-corrected chi connectivity index (χ1v) is 8.15. The number of fused-ring (bicyclic) bond motifs is 1. The molecule has 0 aliphatic carbocycles. The van der Waals surface area contributed by atoms with Gasteiger partial charge in [-0.1, -0.05) is 72.8 Å². The van der Waals surface area contributed by atoms with Crippen LogP contribution in [0.5, 0.6) is 0 Å². The highest BCUT2D eigenvalue weighted by atomic mass is 14.9. The molecule has 0 N–H and O–H groups in total. The third-order valence-corrected chi connectivity index (χ3v) is 4.53. The van der Waals surface area contributed by atoms with Crippen molar-refractivity contribution in [3.05, 3.63) is 97.7 Å². The normalized spacial score (nSPS) is 10.9. The quantitative estimate of drug-likeness (QED) is 0.344. The molecular weight excluding hydrogens is 290 g/mol. The zero-order valence-corrected chi connectivity index (χ0v) is 13.7. The van der Waals surface area contributed by atoms with Crippen LogP contribution in [0.25, 0.3) is 33.2 Å². The first kappa shape index (κ1) is 14.5. The van der Waals surface area contributed by atoms with E-state index in [0.717, 1.165) is 5.69 Å². The molecule has 0 fully saturated rings. The lowest BCUT2D eigenvalue weighted by molar-refractivity contribution is -0.599.